The van der Waals surface area contributed by atoms with Crippen LogP contribution in [0.15, 0.2) is 30.5 Å². The van der Waals surface area contributed by atoms with Gasteiger partial charge in [0.2, 0.25) is 5.95 Å². The average Bonchev–Trinajstić information content (AvgIpc) is 3.07. The molecule has 0 aliphatic carbocycles. The molecule has 0 spiro atoms. The molecule has 3 heterocycles. The normalized spacial score (nSPS) is 17.6. The summed E-state index contributed by atoms with van der Waals surface area (Å²) in [5.74, 6) is 1.50. The van der Waals surface area contributed by atoms with E-state index in [1.807, 2.05) is 37.5 Å². The van der Waals surface area contributed by atoms with Crippen LogP contribution < -0.4 is 10.6 Å². The molecule has 0 radical (unpaired) electrons. The Kier molecular flexibility index (Phi) is 4.48. The SMILES string of the molecule is CN(CCc1ccccn1)c1cc([C@@H]2CCOC2)nc(N)n1. The van der Waals surface area contributed by atoms with Crippen LogP contribution in [0.3, 0.4) is 0 Å². The summed E-state index contributed by atoms with van der Waals surface area (Å²) in [6.45, 7) is 2.33. The number of nitrogens with zero attached hydrogens (tertiary/aromatic N) is 4. The lowest BCUT2D eigenvalue weighted by atomic mass is 10.0. The topological polar surface area (TPSA) is 77.2 Å². The second-order valence-electron chi connectivity index (χ2n) is 5.56. The molecule has 3 rings (SSSR count). The lowest BCUT2D eigenvalue weighted by Gasteiger charge is -2.19. The van der Waals surface area contributed by atoms with Crippen molar-refractivity contribution in [3.8, 4) is 0 Å². The maximum atomic E-state index is 5.87. The van der Waals surface area contributed by atoms with Crippen molar-refractivity contribution in [3.05, 3.63) is 41.9 Å². The summed E-state index contributed by atoms with van der Waals surface area (Å²) in [6.07, 6.45) is 3.67. The minimum atomic E-state index is 0.323. The zero-order valence-corrected chi connectivity index (χ0v) is 12.8. The Balaban J connectivity index is 1.70. The lowest BCUT2D eigenvalue weighted by molar-refractivity contribution is 0.193. The fourth-order valence-corrected chi connectivity index (χ4v) is 2.59. The molecule has 1 fully saturated rings. The smallest absolute Gasteiger partial charge is 0.222 e. The molecule has 0 saturated carbocycles. The predicted octanol–water partition coefficient (Wildman–Crippen LogP) is 1.64. The second-order valence-corrected chi connectivity index (χ2v) is 5.56. The molecule has 0 bridgehead atoms. The fraction of sp³-hybridized carbons (Fsp3) is 0.438. The summed E-state index contributed by atoms with van der Waals surface area (Å²) in [7, 11) is 2.01. The van der Waals surface area contributed by atoms with Crippen molar-refractivity contribution in [3.63, 3.8) is 0 Å². The van der Waals surface area contributed by atoms with Gasteiger partial charge >= 0.3 is 0 Å². The summed E-state index contributed by atoms with van der Waals surface area (Å²) >= 11 is 0. The fourth-order valence-electron chi connectivity index (χ4n) is 2.59. The molecule has 6 nitrogen and oxygen atoms in total. The van der Waals surface area contributed by atoms with Crippen LogP contribution in [0.1, 0.15) is 23.7 Å². The van der Waals surface area contributed by atoms with Crippen molar-refractivity contribution >= 4 is 11.8 Å². The summed E-state index contributed by atoms with van der Waals surface area (Å²) in [5.41, 5.74) is 7.92. The molecule has 2 aromatic rings. The summed E-state index contributed by atoms with van der Waals surface area (Å²) in [4.78, 5) is 15.1. The number of ether oxygens (including phenoxy) is 1. The number of nitrogen functional groups attached to an aromatic ring is 1. The maximum absolute atomic E-state index is 5.87. The Labute approximate surface area is 130 Å². The molecule has 116 valence electrons. The van der Waals surface area contributed by atoms with E-state index < -0.39 is 0 Å². The van der Waals surface area contributed by atoms with E-state index in [0.717, 1.165) is 43.2 Å². The molecule has 6 heteroatoms. The highest BCUT2D eigenvalue weighted by atomic mass is 16.5. The van der Waals surface area contributed by atoms with Crippen molar-refractivity contribution in [1.29, 1.82) is 0 Å². The molecular weight excluding hydrogens is 278 g/mol. The van der Waals surface area contributed by atoms with Crippen LogP contribution in [0, 0.1) is 0 Å². The molecule has 0 unspecified atom stereocenters. The van der Waals surface area contributed by atoms with Gasteiger partial charge in [-0.1, -0.05) is 6.07 Å². The number of rotatable bonds is 5. The van der Waals surface area contributed by atoms with Crippen LogP contribution in [0.5, 0.6) is 0 Å². The molecule has 1 atom stereocenters. The van der Waals surface area contributed by atoms with E-state index in [9.17, 15) is 0 Å². The summed E-state index contributed by atoms with van der Waals surface area (Å²) < 4.78 is 5.43. The molecule has 2 N–H and O–H groups in total. The van der Waals surface area contributed by atoms with Crippen LogP contribution in [0.25, 0.3) is 0 Å². The van der Waals surface area contributed by atoms with Gasteiger partial charge in [0, 0.05) is 50.5 Å². The first-order valence-electron chi connectivity index (χ1n) is 7.55. The second kappa shape index (κ2) is 6.70. The monoisotopic (exact) mass is 299 g/mol. The van der Waals surface area contributed by atoms with Crippen LogP contribution in [-0.4, -0.2) is 41.8 Å². The van der Waals surface area contributed by atoms with Crippen LogP contribution in [0.2, 0.25) is 0 Å². The summed E-state index contributed by atoms with van der Waals surface area (Å²) in [6, 6.07) is 7.98. The number of aromatic nitrogens is 3. The molecule has 1 saturated heterocycles. The quantitative estimate of drug-likeness (QED) is 0.904. The highest BCUT2D eigenvalue weighted by Gasteiger charge is 2.21. The molecule has 0 amide bonds. The van der Waals surface area contributed by atoms with E-state index in [0.29, 0.717) is 18.5 Å². The minimum absolute atomic E-state index is 0.323. The van der Waals surface area contributed by atoms with E-state index in [1.165, 1.54) is 0 Å². The Morgan fingerprint density at radius 3 is 3.00 bits per heavy atom. The lowest BCUT2D eigenvalue weighted by Crippen LogP contribution is -2.23. The van der Waals surface area contributed by atoms with E-state index in [2.05, 4.69) is 19.9 Å². The number of pyridine rings is 1. The third kappa shape index (κ3) is 3.51. The first-order chi connectivity index (χ1) is 10.7. The van der Waals surface area contributed by atoms with Gasteiger partial charge in [0.25, 0.3) is 0 Å². The van der Waals surface area contributed by atoms with Crippen molar-refractivity contribution < 1.29 is 4.74 Å². The number of likely N-dealkylation sites (N-methyl/N-ethyl adjacent to an activating group) is 1. The molecule has 2 aromatic heterocycles. The van der Waals surface area contributed by atoms with Gasteiger partial charge in [-0.15, -0.1) is 0 Å². The molecule has 0 aromatic carbocycles. The van der Waals surface area contributed by atoms with Gasteiger partial charge in [-0.2, -0.15) is 4.98 Å². The zero-order valence-electron chi connectivity index (χ0n) is 12.8. The van der Waals surface area contributed by atoms with Crippen molar-refractivity contribution in [1.82, 2.24) is 15.0 Å². The Hall–Kier alpha value is -2.21. The van der Waals surface area contributed by atoms with Crippen molar-refractivity contribution in [2.24, 2.45) is 0 Å². The van der Waals surface area contributed by atoms with Gasteiger partial charge in [0.1, 0.15) is 5.82 Å². The largest absolute Gasteiger partial charge is 0.381 e. The van der Waals surface area contributed by atoms with E-state index in [4.69, 9.17) is 10.5 Å². The van der Waals surface area contributed by atoms with E-state index in [1.54, 1.807) is 0 Å². The van der Waals surface area contributed by atoms with Gasteiger partial charge in [0.05, 0.1) is 12.3 Å². The van der Waals surface area contributed by atoms with Gasteiger partial charge in [-0.05, 0) is 18.6 Å². The summed E-state index contributed by atoms with van der Waals surface area (Å²) in [5, 5.41) is 0. The Morgan fingerprint density at radius 2 is 2.27 bits per heavy atom. The maximum Gasteiger partial charge on any atom is 0.222 e. The number of hydrogen-bond acceptors (Lipinski definition) is 6. The zero-order chi connectivity index (χ0) is 15.4. The number of hydrogen-bond donors (Lipinski definition) is 1. The van der Waals surface area contributed by atoms with Crippen LogP contribution >= 0.6 is 0 Å². The highest BCUT2D eigenvalue weighted by molar-refractivity contribution is 5.43. The first kappa shape index (κ1) is 14.7. The molecular formula is C16H21N5O. The van der Waals surface area contributed by atoms with E-state index in [-0.39, 0.29) is 0 Å². The Morgan fingerprint density at radius 1 is 1.36 bits per heavy atom. The molecule has 1 aliphatic heterocycles. The van der Waals surface area contributed by atoms with Crippen LogP contribution in [0.4, 0.5) is 11.8 Å². The third-order valence-electron chi connectivity index (χ3n) is 3.92. The van der Waals surface area contributed by atoms with Gasteiger partial charge in [-0.3, -0.25) is 4.98 Å². The molecule has 22 heavy (non-hydrogen) atoms. The highest BCUT2D eigenvalue weighted by Crippen LogP contribution is 2.26. The van der Waals surface area contributed by atoms with Gasteiger partial charge in [-0.25, -0.2) is 4.98 Å². The van der Waals surface area contributed by atoms with Gasteiger partial charge < -0.3 is 15.4 Å². The third-order valence-corrected chi connectivity index (χ3v) is 3.92. The average molecular weight is 299 g/mol. The standard InChI is InChI=1S/C16H21N5O/c1-21(8-5-13-4-2-3-7-18-13)15-10-14(19-16(17)20-15)12-6-9-22-11-12/h2-4,7,10,12H,5-6,8-9,11H2,1H3,(H2,17,19,20)/t12-/m1/s1. The Bertz CT molecular complexity index is 613. The first-order valence-corrected chi connectivity index (χ1v) is 7.55. The number of nitrogens with two attached hydrogens (primary N) is 1. The predicted molar refractivity (Wildman–Crippen MR) is 85.8 cm³/mol. The van der Waals surface area contributed by atoms with Crippen LogP contribution in [-0.2, 0) is 11.2 Å². The van der Waals surface area contributed by atoms with Gasteiger partial charge in [0.15, 0.2) is 0 Å². The van der Waals surface area contributed by atoms with E-state index >= 15 is 0 Å². The van der Waals surface area contributed by atoms with Crippen molar-refractivity contribution in [2.75, 3.05) is 37.4 Å². The number of anilines is 2. The minimum Gasteiger partial charge on any atom is -0.381 e. The molecule has 1 aliphatic rings. The van der Waals surface area contributed by atoms with Crippen molar-refractivity contribution in [2.45, 2.75) is 18.8 Å².